The standard InChI is InChI=1S/C18H26N2O4/c1-17(2)9-13(20-15(21)22)10-18(3,11-17)12-19-16(23)24-14-7-5-4-6-8-14/h4-8,13,20H,9-12H2,1-3H3,(H,19,23)(H,21,22). The first kappa shape index (κ1) is 18.1. The van der Waals surface area contributed by atoms with Crippen LogP contribution >= 0.6 is 0 Å². The van der Waals surface area contributed by atoms with Crippen LogP contribution in [0.4, 0.5) is 9.59 Å². The molecule has 132 valence electrons. The molecule has 1 aliphatic rings. The van der Waals surface area contributed by atoms with Crippen LogP contribution in [0, 0.1) is 10.8 Å². The van der Waals surface area contributed by atoms with E-state index in [9.17, 15) is 9.59 Å². The molecular formula is C18H26N2O4. The molecule has 1 fully saturated rings. The summed E-state index contributed by atoms with van der Waals surface area (Å²) in [7, 11) is 0. The van der Waals surface area contributed by atoms with Crippen LogP contribution in [-0.4, -0.2) is 29.9 Å². The van der Waals surface area contributed by atoms with Crippen LogP contribution in [0.15, 0.2) is 30.3 Å². The molecule has 1 aliphatic carbocycles. The normalized spacial score (nSPS) is 25.5. The number of ether oxygens (including phenoxy) is 1. The molecule has 0 radical (unpaired) electrons. The molecule has 2 rings (SSSR count). The van der Waals surface area contributed by atoms with Crippen molar-refractivity contribution in [1.82, 2.24) is 10.6 Å². The Hall–Kier alpha value is -2.24. The summed E-state index contributed by atoms with van der Waals surface area (Å²) in [5.74, 6) is 0.495. The first-order valence-electron chi connectivity index (χ1n) is 8.18. The van der Waals surface area contributed by atoms with E-state index in [0.29, 0.717) is 18.7 Å². The summed E-state index contributed by atoms with van der Waals surface area (Å²) in [6.07, 6.45) is 0.895. The van der Waals surface area contributed by atoms with Crippen LogP contribution < -0.4 is 15.4 Å². The molecule has 0 aliphatic heterocycles. The lowest BCUT2D eigenvalue weighted by Crippen LogP contribution is -2.50. The Labute approximate surface area is 142 Å². The predicted molar refractivity (Wildman–Crippen MR) is 91.2 cm³/mol. The van der Waals surface area contributed by atoms with E-state index in [1.807, 2.05) is 6.07 Å². The van der Waals surface area contributed by atoms with E-state index in [4.69, 9.17) is 9.84 Å². The molecule has 0 bridgehead atoms. The second kappa shape index (κ2) is 7.11. The smallest absolute Gasteiger partial charge is 0.412 e. The van der Waals surface area contributed by atoms with Crippen molar-refractivity contribution in [2.24, 2.45) is 10.8 Å². The number of carbonyl (C=O) groups is 2. The Bertz CT molecular complexity index is 588. The van der Waals surface area contributed by atoms with Gasteiger partial charge in [0.05, 0.1) is 0 Å². The van der Waals surface area contributed by atoms with Gasteiger partial charge in [0.25, 0.3) is 0 Å². The van der Waals surface area contributed by atoms with Crippen molar-refractivity contribution in [2.45, 2.75) is 46.1 Å². The van der Waals surface area contributed by atoms with Crippen molar-refractivity contribution < 1.29 is 19.4 Å². The summed E-state index contributed by atoms with van der Waals surface area (Å²) in [6.45, 7) is 6.78. The predicted octanol–water partition coefficient (Wildman–Crippen LogP) is 3.63. The summed E-state index contributed by atoms with van der Waals surface area (Å²) in [5.41, 5.74) is -0.185. The minimum atomic E-state index is -1.00. The topological polar surface area (TPSA) is 87.7 Å². The molecule has 6 nitrogen and oxygen atoms in total. The van der Waals surface area contributed by atoms with Gasteiger partial charge in [0.2, 0.25) is 0 Å². The Kier molecular flexibility index (Phi) is 5.36. The number of amides is 2. The highest BCUT2D eigenvalue weighted by atomic mass is 16.6. The number of hydrogen-bond acceptors (Lipinski definition) is 3. The minimum absolute atomic E-state index is 0.00509. The Morgan fingerprint density at radius 1 is 1.21 bits per heavy atom. The van der Waals surface area contributed by atoms with Crippen LogP contribution in [0.5, 0.6) is 5.75 Å². The van der Waals surface area contributed by atoms with Crippen LogP contribution in [-0.2, 0) is 0 Å². The van der Waals surface area contributed by atoms with Gasteiger partial charge in [-0.2, -0.15) is 0 Å². The first-order chi connectivity index (χ1) is 11.2. The maximum atomic E-state index is 12.0. The van der Waals surface area contributed by atoms with Gasteiger partial charge >= 0.3 is 12.2 Å². The Morgan fingerprint density at radius 3 is 2.50 bits per heavy atom. The molecule has 2 atom stereocenters. The molecule has 1 saturated carbocycles. The molecule has 2 amide bonds. The summed E-state index contributed by atoms with van der Waals surface area (Å²) in [4.78, 5) is 22.9. The number of para-hydroxylation sites is 1. The average Bonchev–Trinajstić information content (AvgIpc) is 2.43. The molecule has 1 aromatic carbocycles. The van der Waals surface area contributed by atoms with Gasteiger partial charge in [-0.25, -0.2) is 9.59 Å². The number of carbonyl (C=O) groups excluding carboxylic acids is 1. The molecule has 2 unspecified atom stereocenters. The highest BCUT2D eigenvalue weighted by Crippen LogP contribution is 2.45. The first-order valence-corrected chi connectivity index (χ1v) is 8.18. The van der Waals surface area contributed by atoms with E-state index in [1.54, 1.807) is 24.3 Å². The lowest BCUT2D eigenvalue weighted by molar-refractivity contribution is 0.0695. The highest BCUT2D eigenvalue weighted by molar-refractivity contribution is 5.70. The highest BCUT2D eigenvalue weighted by Gasteiger charge is 2.41. The molecule has 0 saturated heterocycles. The fraction of sp³-hybridized carbons (Fsp3) is 0.556. The molecule has 0 aromatic heterocycles. The van der Waals surface area contributed by atoms with Gasteiger partial charge in [-0.05, 0) is 42.2 Å². The van der Waals surface area contributed by atoms with Gasteiger partial charge in [-0.3, -0.25) is 0 Å². The van der Waals surface area contributed by atoms with Crippen LogP contribution in [0.2, 0.25) is 0 Å². The lowest BCUT2D eigenvalue weighted by atomic mass is 9.62. The second-order valence-corrected chi connectivity index (χ2v) is 7.76. The third-order valence-electron chi connectivity index (χ3n) is 4.38. The zero-order valence-electron chi connectivity index (χ0n) is 14.5. The number of rotatable bonds is 4. The molecule has 1 aromatic rings. The van der Waals surface area contributed by atoms with Gasteiger partial charge in [0.1, 0.15) is 5.75 Å². The minimum Gasteiger partial charge on any atom is -0.465 e. The number of hydrogen-bond donors (Lipinski definition) is 3. The maximum Gasteiger partial charge on any atom is 0.412 e. The SMILES string of the molecule is CC1(C)CC(NC(=O)O)CC(C)(CNC(=O)Oc2ccccc2)C1. The molecule has 0 spiro atoms. The Balaban J connectivity index is 1.93. The zero-order valence-corrected chi connectivity index (χ0v) is 14.5. The van der Waals surface area contributed by atoms with E-state index >= 15 is 0 Å². The van der Waals surface area contributed by atoms with E-state index in [-0.39, 0.29) is 16.9 Å². The van der Waals surface area contributed by atoms with Gasteiger partial charge in [-0.1, -0.05) is 39.0 Å². The molecular weight excluding hydrogens is 308 g/mol. The van der Waals surface area contributed by atoms with E-state index in [1.165, 1.54) is 0 Å². The van der Waals surface area contributed by atoms with Crippen molar-refractivity contribution in [1.29, 1.82) is 0 Å². The average molecular weight is 334 g/mol. The van der Waals surface area contributed by atoms with Crippen molar-refractivity contribution in [2.75, 3.05) is 6.54 Å². The number of benzene rings is 1. The Morgan fingerprint density at radius 2 is 1.88 bits per heavy atom. The zero-order chi connectivity index (χ0) is 17.8. The fourth-order valence-electron chi connectivity index (χ4n) is 3.96. The molecule has 6 heteroatoms. The summed E-state index contributed by atoms with van der Waals surface area (Å²) < 4.78 is 5.23. The molecule has 0 heterocycles. The molecule has 3 N–H and O–H groups in total. The van der Waals surface area contributed by atoms with Crippen LogP contribution in [0.3, 0.4) is 0 Å². The quantitative estimate of drug-likeness (QED) is 0.784. The van der Waals surface area contributed by atoms with Crippen molar-refractivity contribution in [3.63, 3.8) is 0 Å². The van der Waals surface area contributed by atoms with Crippen molar-refractivity contribution in [3.8, 4) is 5.75 Å². The monoisotopic (exact) mass is 334 g/mol. The second-order valence-electron chi connectivity index (χ2n) is 7.76. The van der Waals surface area contributed by atoms with Crippen molar-refractivity contribution in [3.05, 3.63) is 30.3 Å². The van der Waals surface area contributed by atoms with E-state index in [2.05, 4.69) is 31.4 Å². The summed E-state index contributed by atoms with van der Waals surface area (Å²) in [5, 5.41) is 14.4. The summed E-state index contributed by atoms with van der Waals surface area (Å²) in [6, 6.07) is 8.79. The maximum absolute atomic E-state index is 12.0. The third-order valence-corrected chi connectivity index (χ3v) is 4.38. The van der Waals surface area contributed by atoms with Crippen molar-refractivity contribution >= 4 is 12.2 Å². The fourth-order valence-corrected chi connectivity index (χ4v) is 3.96. The van der Waals surface area contributed by atoms with Gasteiger partial charge in [0.15, 0.2) is 0 Å². The number of nitrogens with one attached hydrogen (secondary N) is 2. The van der Waals surface area contributed by atoms with E-state index < -0.39 is 12.2 Å². The third kappa shape index (κ3) is 5.44. The van der Waals surface area contributed by atoms with E-state index in [0.717, 1.165) is 12.8 Å². The van der Waals surface area contributed by atoms with Crippen LogP contribution in [0.25, 0.3) is 0 Å². The lowest BCUT2D eigenvalue weighted by Gasteiger charge is -2.46. The number of carboxylic acid groups (broad SMARTS) is 1. The summed E-state index contributed by atoms with van der Waals surface area (Å²) >= 11 is 0. The van der Waals surface area contributed by atoms with Gasteiger partial charge < -0.3 is 20.5 Å². The van der Waals surface area contributed by atoms with Crippen LogP contribution in [0.1, 0.15) is 40.0 Å². The van der Waals surface area contributed by atoms with Gasteiger partial charge in [-0.15, -0.1) is 0 Å². The van der Waals surface area contributed by atoms with Gasteiger partial charge in [0, 0.05) is 12.6 Å². The molecule has 24 heavy (non-hydrogen) atoms. The largest absolute Gasteiger partial charge is 0.465 e.